The zero-order valence-corrected chi connectivity index (χ0v) is 20.1. The minimum atomic E-state index is -4.05. The van der Waals surface area contributed by atoms with Gasteiger partial charge in [0.25, 0.3) is 11.6 Å². The number of hydrazone groups is 1. The Morgan fingerprint density at radius 1 is 1.14 bits per heavy atom. The van der Waals surface area contributed by atoms with E-state index in [1.807, 2.05) is 0 Å². The molecule has 0 saturated heterocycles. The Hall–Kier alpha value is -3.80. The van der Waals surface area contributed by atoms with Gasteiger partial charge in [-0.2, -0.15) is 9.41 Å². The van der Waals surface area contributed by atoms with Crippen molar-refractivity contribution in [3.63, 3.8) is 0 Å². The molecule has 35 heavy (non-hydrogen) atoms. The number of hydrogen-bond acceptors (Lipinski definition) is 7. The van der Waals surface area contributed by atoms with Crippen LogP contribution in [0, 0.1) is 10.1 Å². The molecule has 0 aliphatic heterocycles. The highest BCUT2D eigenvalue weighted by atomic mass is 35.5. The predicted molar refractivity (Wildman–Crippen MR) is 131 cm³/mol. The molecular weight excluding hydrogens is 496 g/mol. The van der Waals surface area contributed by atoms with Crippen LogP contribution < -0.4 is 10.2 Å². The van der Waals surface area contributed by atoms with Gasteiger partial charge in [-0.3, -0.25) is 14.9 Å². The van der Waals surface area contributed by atoms with Gasteiger partial charge in [0, 0.05) is 29.3 Å². The Balaban J connectivity index is 1.79. The zero-order chi connectivity index (χ0) is 25.4. The molecule has 1 amide bonds. The number of benzene rings is 3. The minimum Gasteiger partial charge on any atom is -0.497 e. The second kappa shape index (κ2) is 11.6. The van der Waals surface area contributed by atoms with Crippen LogP contribution in [0.25, 0.3) is 0 Å². The van der Waals surface area contributed by atoms with E-state index in [2.05, 4.69) is 10.5 Å². The highest BCUT2D eigenvalue weighted by Gasteiger charge is 2.27. The van der Waals surface area contributed by atoms with Crippen molar-refractivity contribution in [3.8, 4) is 5.75 Å². The first-order chi connectivity index (χ1) is 16.7. The SMILES string of the molecule is COc1ccc(S(=O)(=O)N(CC(=O)N/N=C\c2cc([N+](=O)[O-])ccc2Cl)Cc2ccccc2)cc1. The van der Waals surface area contributed by atoms with Gasteiger partial charge in [-0.1, -0.05) is 41.9 Å². The first-order valence-corrected chi connectivity index (χ1v) is 12.0. The van der Waals surface area contributed by atoms with E-state index in [0.717, 1.165) is 10.5 Å². The van der Waals surface area contributed by atoms with Crippen LogP contribution in [0.2, 0.25) is 5.02 Å². The topological polar surface area (TPSA) is 131 Å². The molecule has 0 saturated carbocycles. The van der Waals surface area contributed by atoms with E-state index in [-0.39, 0.29) is 27.7 Å². The molecule has 3 aromatic carbocycles. The summed E-state index contributed by atoms with van der Waals surface area (Å²) in [4.78, 5) is 22.9. The number of methoxy groups -OCH3 is 1. The largest absolute Gasteiger partial charge is 0.497 e. The van der Waals surface area contributed by atoms with E-state index in [4.69, 9.17) is 16.3 Å². The van der Waals surface area contributed by atoms with E-state index in [0.29, 0.717) is 11.3 Å². The average Bonchev–Trinajstić information content (AvgIpc) is 2.85. The lowest BCUT2D eigenvalue weighted by atomic mass is 10.2. The Labute approximate surface area is 207 Å². The molecule has 0 fully saturated rings. The summed E-state index contributed by atoms with van der Waals surface area (Å²) in [5, 5.41) is 14.9. The summed E-state index contributed by atoms with van der Waals surface area (Å²) in [6.07, 6.45) is 1.15. The van der Waals surface area contributed by atoms with Gasteiger partial charge in [-0.15, -0.1) is 0 Å². The fraction of sp³-hybridized carbons (Fsp3) is 0.130. The summed E-state index contributed by atoms with van der Waals surface area (Å²) in [7, 11) is -2.58. The average molecular weight is 517 g/mol. The van der Waals surface area contributed by atoms with Gasteiger partial charge in [0.1, 0.15) is 5.75 Å². The molecule has 1 N–H and O–H groups in total. The number of nitrogens with one attached hydrogen (secondary N) is 1. The van der Waals surface area contributed by atoms with Crippen molar-refractivity contribution in [2.45, 2.75) is 11.4 Å². The number of carbonyl (C=O) groups is 1. The van der Waals surface area contributed by atoms with Crippen molar-refractivity contribution in [1.29, 1.82) is 0 Å². The van der Waals surface area contributed by atoms with Crippen LogP contribution in [0.15, 0.2) is 82.8 Å². The maximum absolute atomic E-state index is 13.3. The molecular formula is C23H21ClN4O6S. The molecule has 0 aromatic heterocycles. The van der Waals surface area contributed by atoms with E-state index >= 15 is 0 Å². The highest BCUT2D eigenvalue weighted by molar-refractivity contribution is 7.89. The van der Waals surface area contributed by atoms with E-state index < -0.39 is 27.4 Å². The minimum absolute atomic E-state index is 0.00564. The lowest BCUT2D eigenvalue weighted by Crippen LogP contribution is -2.39. The van der Waals surface area contributed by atoms with Crippen molar-refractivity contribution in [2.24, 2.45) is 5.10 Å². The van der Waals surface area contributed by atoms with E-state index in [1.165, 1.54) is 49.6 Å². The van der Waals surface area contributed by atoms with Gasteiger partial charge in [0.15, 0.2) is 0 Å². The maximum Gasteiger partial charge on any atom is 0.270 e. The third-order valence-electron chi connectivity index (χ3n) is 4.80. The van der Waals surface area contributed by atoms with Crippen LogP contribution in [0.5, 0.6) is 5.75 Å². The molecule has 3 rings (SSSR count). The second-order valence-electron chi connectivity index (χ2n) is 7.19. The number of carbonyl (C=O) groups excluding carboxylic acids is 1. The lowest BCUT2D eigenvalue weighted by molar-refractivity contribution is -0.384. The number of nitro benzene ring substituents is 1. The summed E-state index contributed by atoms with van der Waals surface area (Å²) < 4.78 is 32.7. The number of ether oxygens (including phenoxy) is 1. The summed E-state index contributed by atoms with van der Waals surface area (Å²) in [5.41, 5.74) is 2.95. The number of amides is 1. The van der Waals surface area contributed by atoms with Gasteiger partial charge in [-0.05, 0) is 35.9 Å². The Bertz CT molecular complexity index is 1330. The van der Waals surface area contributed by atoms with Crippen LogP contribution in [-0.2, 0) is 21.4 Å². The monoisotopic (exact) mass is 516 g/mol. The molecule has 12 heteroatoms. The van der Waals surface area contributed by atoms with Crippen LogP contribution in [0.1, 0.15) is 11.1 Å². The van der Waals surface area contributed by atoms with Crippen molar-refractivity contribution < 1.29 is 22.9 Å². The Morgan fingerprint density at radius 2 is 1.83 bits per heavy atom. The molecule has 0 bridgehead atoms. The third kappa shape index (κ3) is 6.85. The van der Waals surface area contributed by atoms with E-state index in [1.54, 1.807) is 30.3 Å². The number of halogens is 1. The number of sulfonamides is 1. The molecule has 0 atom stereocenters. The van der Waals surface area contributed by atoms with Crippen LogP contribution >= 0.6 is 11.6 Å². The third-order valence-corrected chi connectivity index (χ3v) is 6.95. The fourth-order valence-electron chi connectivity index (χ4n) is 3.02. The smallest absolute Gasteiger partial charge is 0.270 e. The maximum atomic E-state index is 13.3. The molecule has 182 valence electrons. The van der Waals surface area contributed by atoms with Crippen molar-refractivity contribution in [3.05, 3.63) is 99.1 Å². The Kier molecular flexibility index (Phi) is 8.53. The van der Waals surface area contributed by atoms with Gasteiger partial charge in [0.05, 0.1) is 29.7 Å². The number of nitro groups is 1. The number of hydrogen-bond donors (Lipinski definition) is 1. The van der Waals surface area contributed by atoms with Gasteiger partial charge in [-0.25, -0.2) is 13.8 Å². The molecule has 0 unspecified atom stereocenters. The Morgan fingerprint density at radius 3 is 2.46 bits per heavy atom. The van der Waals surface area contributed by atoms with Gasteiger partial charge in [0.2, 0.25) is 10.0 Å². The second-order valence-corrected chi connectivity index (χ2v) is 9.54. The number of rotatable bonds is 10. The molecule has 0 radical (unpaired) electrons. The summed E-state index contributed by atoms with van der Waals surface area (Å²) in [6, 6.07) is 18.4. The molecule has 0 aliphatic rings. The molecule has 3 aromatic rings. The number of non-ortho nitro benzene ring substituents is 1. The summed E-state index contributed by atoms with van der Waals surface area (Å²) in [5.74, 6) is -0.221. The lowest BCUT2D eigenvalue weighted by Gasteiger charge is -2.21. The van der Waals surface area contributed by atoms with Crippen molar-refractivity contribution in [2.75, 3.05) is 13.7 Å². The van der Waals surface area contributed by atoms with Gasteiger partial charge < -0.3 is 4.74 Å². The summed E-state index contributed by atoms with van der Waals surface area (Å²) in [6.45, 7) is -0.577. The molecule has 0 aliphatic carbocycles. The van der Waals surface area contributed by atoms with Crippen molar-refractivity contribution in [1.82, 2.24) is 9.73 Å². The number of nitrogens with zero attached hydrogens (tertiary/aromatic N) is 3. The van der Waals surface area contributed by atoms with E-state index in [9.17, 15) is 23.3 Å². The van der Waals surface area contributed by atoms with Crippen LogP contribution in [0.4, 0.5) is 5.69 Å². The highest BCUT2D eigenvalue weighted by Crippen LogP contribution is 2.22. The normalized spacial score (nSPS) is 11.5. The standard InChI is InChI=1S/C23H21ClN4O6S/c1-34-20-8-10-21(11-9-20)35(32,33)27(15-17-5-3-2-4-6-17)16-23(29)26-25-14-18-13-19(28(30)31)7-12-22(18)24/h2-14H,15-16H2,1H3,(H,26,29)/b25-14-. The first kappa shape index (κ1) is 25.8. The predicted octanol–water partition coefficient (Wildman–Crippen LogP) is 3.60. The van der Waals surface area contributed by atoms with Crippen LogP contribution in [0.3, 0.4) is 0 Å². The molecule has 10 nitrogen and oxygen atoms in total. The van der Waals surface area contributed by atoms with Gasteiger partial charge >= 0.3 is 0 Å². The van der Waals surface area contributed by atoms with Crippen molar-refractivity contribution >= 4 is 39.4 Å². The van der Waals surface area contributed by atoms with Crippen LogP contribution in [-0.4, -0.2) is 43.4 Å². The fourth-order valence-corrected chi connectivity index (χ4v) is 4.57. The summed E-state index contributed by atoms with van der Waals surface area (Å²) >= 11 is 6.02. The zero-order valence-electron chi connectivity index (χ0n) is 18.5. The quantitative estimate of drug-likeness (QED) is 0.249. The molecule has 0 heterocycles. The first-order valence-electron chi connectivity index (χ1n) is 10.1. The molecule has 0 spiro atoms.